The van der Waals surface area contributed by atoms with E-state index in [1.54, 1.807) is 4.68 Å². The normalized spacial score (nSPS) is 18.7. The number of hydrogen-bond donors (Lipinski definition) is 3. The van der Waals surface area contributed by atoms with Crippen LogP contribution in [0.2, 0.25) is 0 Å². The molecule has 0 aromatic carbocycles. The fourth-order valence-electron chi connectivity index (χ4n) is 4.09. The highest BCUT2D eigenvalue weighted by Crippen LogP contribution is 2.39. The van der Waals surface area contributed by atoms with Crippen LogP contribution >= 0.6 is 23.6 Å². The molecule has 0 atom stereocenters. The molecular weight excluding hydrogens is 456 g/mol. The summed E-state index contributed by atoms with van der Waals surface area (Å²) in [4.78, 5) is 31.4. The zero-order valence-corrected chi connectivity index (χ0v) is 20.5. The van der Waals surface area contributed by atoms with Gasteiger partial charge in [-0.05, 0) is 69.1 Å². The second-order valence-corrected chi connectivity index (χ2v) is 10.7. The average molecular weight is 485 g/mol. The quantitative estimate of drug-likeness (QED) is 0.544. The van der Waals surface area contributed by atoms with Crippen molar-refractivity contribution in [3.05, 3.63) is 27.8 Å². The summed E-state index contributed by atoms with van der Waals surface area (Å²) in [7, 11) is 1.85. The van der Waals surface area contributed by atoms with Gasteiger partial charge in [-0.2, -0.15) is 5.10 Å². The molecule has 2 heterocycles. The second kappa shape index (κ2) is 8.98. The van der Waals surface area contributed by atoms with Gasteiger partial charge in [0.05, 0.1) is 11.3 Å². The van der Waals surface area contributed by atoms with E-state index in [2.05, 4.69) is 26.0 Å². The number of nitrogens with one attached hydrogen (secondary N) is 3. The molecular formula is C23H28N6O2S2. The zero-order valence-electron chi connectivity index (χ0n) is 18.9. The Labute approximate surface area is 202 Å². The lowest BCUT2D eigenvalue weighted by atomic mass is 9.93. The predicted octanol–water partition coefficient (Wildman–Crippen LogP) is 3.61. The van der Waals surface area contributed by atoms with E-state index >= 15 is 0 Å². The summed E-state index contributed by atoms with van der Waals surface area (Å²) in [6.07, 6.45) is 6.32. The smallest absolute Gasteiger partial charge is 0.254 e. The van der Waals surface area contributed by atoms with Crippen LogP contribution in [0.5, 0.6) is 0 Å². The number of thiocarbonyl (C=S) groups is 1. The SMILES string of the molecule is Cc1cc(NC(=S)/N=C2\CCc3sc(NC(=O)C4CC4)c(C(=O)NCC4CC4)c3C2)n(C)n1. The van der Waals surface area contributed by atoms with E-state index in [1.807, 2.05) is 20.0 Å². The molecule has 33 heavy (non-hydrogen) atoms. The largest absolute Gasteiger partial charge is 0.352 e. The Morgan fingerprint density at radius 2 is 2.03 bits per heavy atom. The Kier molecular flexibility index (Phi) is 6.05. The number of aryl methyl sites for hydroxylation is 3. The molecule has 2 saturated carbocycles. The third kappa shape index (κ3) is 5.16. The number of aliphatic imine (C=N–C) groups is 1. The molecule has 0 bridgehead atoms. The first-order valence-corrected chi connectivity index (χ1v) is 12.7. The molecule has 2 aromatic rings. The molecule has 8 nitrogen and oxygen atoms in total. The summed E-state index contributed by atoms with van der Waals surface area (Å²) in [6, 6.07) is 1.92. The molecule has 3 aliphatic rings. The highest BCUT2D eigenvalue weighted by atomic mass is 32.1. The van der Waals surface area contributed by atoms with Crippen LogP contribution in [0.1, 0.15) is 58.6 Å². The van der Waals surface area contributed by atoms with Crippen molar-refractivity contribution >= 4 is 57.0 Å². The third-order valence-corrected chi connectivity index (χ3v) is 7.67. The van der Waals surface area contributed by atoms with Crippen molar-refractivity contribution in [3.63, 3.8) is 0 Å². The van der Waals surface area contributed by atoms with Gasteiger partial charge >= 0.3 is 0 Å². The van der Waals surface area contributed by atoms with E-state index in [0.717, 1.165) is 53.3 Å². The van der Waals surface area contributed by atoms with Gasteiger partial charge in [0.1, 0.15) is 10.8 Å². The number of hydrogen-bond acceptors (Lipinski definition) is 5. The Bertz CT molecular complexity index is 1160. The number of aromatic nitrogens is 2. The summed E-state index contributed by atoms with van der Waals surface area (Å²) in [5.41, 5.74) is 3.42. The van der Waals surface area contributed by atoms with Crippen LogP contribution < -0.4 is 16.0 Å². The summed E-state index contributed by atoms with van der Waals surface area (Å²) >= 11 is 7.00. The van der Waals surface area contributed by atoms with Gasteiger partial charge in [0.2, 0.25) is 5.91 Å². The lowest BCUT2D eigenvalue weighted by molar-refractivity contribution is -0.117. The van der Waals surface area contributed by atoms with Gasteiger partial charge in [-0.3, -0.25) is 14.3 Å². The third-order valence-electron chi connectivity index (χ3n) is 6.27. The Balaban J connectivity index is 1.36. The van der Waals surface area contributed by atoms with Crippen molar-refractivity contribution < 1.29 is 9.59 Å². The number of carbonyl (C=O) groups excluding carboxylic acids is 2. The molecule has 3 N–H and O–H groups in total. The first-order valence-electron chi connectivity index (χ1n) is 11.5. The molecule has 0 radical (unpaired) electrons. The molecule has 174 valence electrons. The molecule has 5 rings (SSSR count). The maximum Gasteiger partial charge on any atom is 0.254 e. The molecule has 10 heteroatoms. The maximum atomic E-state index is 13.2. The van der Waals surface area contributed by atoms with Crippen molar-refractivity contribution in [1.29, 1.82) is 0 Å². The van der Waals surface area contributed by atoms with Crippen LogP contribution in [0.15, 0.2) is 11.1 Å². The lowest BCUT2D eigenvalue weighted by Crippen LogP contribution is -2.28. The number of thiophene rings is 1. The topological polar surface area (TPSA) is 100 Å². The van der Waals surface area contributed by atoms with Crippen molar-refractivity contribution in [1.82, 2.24) is 15.1 Å². The van der Waals surface area contributed by atoms with Gasteiger partial charge in [-0.25, -0.2) is 4.99 Å². The first-order chi connectivity index (χ1) is 15.9. The van der Waals surface area contributed by atoms with Crippen LogP contribution in [0.3, 0.4) is 0 Å². The fraction of sp³-hybridized carbons (Fsp3) is 0.522. The van der Waals surface area contributed by atoms with Gasteiger partial charge in [-0.1, -0.05) is 0 Å². The van der Waals surface area contributed by atoms with E-state index in [-0.39, 0.29) is 17.7 Å². The summed E-state index contributed by atoms with van der Waals surface area (Å²) in [5.74, 6) is 1.39. The van der Waals surface area contributed by atoms with E-state index in [0.29, 0.717) is 34.6 Å². The molecule has 2 fully saturated rings. The summed E-state index contributed by atoms with van der Waals surface area (Å²) in [5, 5.41) is 14.6. The maximum absolute atomic E-state index is 13.2. The predicted molar refractivity (Wildman–Crippen MR) is 134 cm³/mol. The number of anilines is 2. The van der Waals surface area contributed by atoms with E-state index in [4.69, 9.17) is 12.2 Å². The molecule has 0 aliphatic heterocycles. The minimum atomic E-state index is -0.0993. The van der Waals surface area contributed by atoms with Crippen molar-refractivity contribution in [2.24, 2.45) is 23.9 Å². The Morgan fingerprint density at radius 3 is 2.70 bits per heavy atom. The zero-order chi connectivity index (χ0) is 23.1. The summed E-state index contributed by atoms with van der Waals surface area (Å²) < 4.78 is 1.73. The van der Waals surface area contributed by atoms with E-state index in [9.17, 15) is 9.59 Å². The number of amides is 2. The van der Waals surface area contributed by atoms with Crippen LogP contribution in [0, 0.1) is 18.8 Å². The molecule has 3 aliphatic carbocycles. The van der Waals surface area contributed by atoms with Crippen LogP contribution in [-0.2, 0) is 24.7 Å². The highest BCUT2D eigenvalue weighted by Gasteiger charge is 2.33. The molecule has 0 unspecified atom stereocenters. The molecule has 0 saturated heterocycles. The average Bonchev–Trinajstić information content (AvgIpc) is 3.68. The van der Waals surface area contributed by atoms with Crippen molar-refractivity contribution in [3.8, 4) is 0 Å². The summed E-state index contributed by atoms with van der Waals surface area (Å²) in [6.45, 7) is 2.62. The van der Waals surface area contributed by atoms with Gasteiger partial charge in [0.15, 0.2) is 5.11 Å². The Hall–Kier alpha value is -2.59. The van der Waals surface area contributed by atoms with Crippen LogP contribution in [-0.4, -0.2) is 39.0 Å². The first kappa shape index (κ1) is 22.2. The Morgan fingerprint density at radius 1 is 1.24 bits per heavy atom. The monoisotopic (exact) mass is 484 g/mol. The number of rotatable bonds is 6. The molecule has 0 spiro atoms. The number of fused-ring (bicyclic) bond motifs is 1. The lowest BCUT2D eigenvalue weighted by Gasteiger charge is -2.16. The van der Waals surface area contributed by atoms with Crippen molar-refractivity contribution in [2.45, 2.75) is 51.9 Å². The van der Waals surface area contributed by atoms with Gasteiger partial charge in [0.25, 0.3) is 5.91 Å². The number of carbonyl (C=O) groups is 2. The van der Waals surface area contributed by atoms with Gasteiger partial charge in [0, 0.05) is 42.6 Å². The second-order valence-electron chi connectivity index (χ2n) is 9.20. The van der Waals surface area contributed by atoms with Gasteiger partial charge < -0.3 is 16.0 Å². The molecule has 2 aromatic heterocycles. The molecule has 2 amide bonds. The minimum Gasteiger partial charge on any atom is -0.352 e. The highest BCUT2D eigenvalue weighted by molar-refractivity contribution is 7.80. The van der Waals surface area contributed by atoms with E-state index < -0.39 is 0 Å². The van der Waals surface area contributed by atoms with Crippen molar-refractivity contribution in [2.75, 3.05) is 17.2 Å². The number of nitrogens with zero attached hydrogens (tertiary/aromatic N) is 3. The van der Waals surface area contributed by atoms with Gasteiger partial charge in [-0.15, -0.1) is 11.3 Å². The standard InChI is InChI=1S/C23H28N6O2S2/c1-12-9-18(29(2)28-12)26-23(32)25-15-7-8-17-16(10-15)19(21(31)24-11-13-3-4-13)22(33-17)27-20(30)14-5-6-14/h9,13-14H,3-8,10-11H2,1-2H3,(H,24,31)(H,26,32)(H,27,30)/b25-15+. The van der Waals surface area contributed by atoms with Crippen LogP contribution in [0.4, 0.5) is 10.8 Å². The fourth-order valence-corrected chi connectivity index (χ4v) is 5.54. The van der Waals surface area contributed by atoms with E-state index in [1.165, 1.54) is 24.2 Å². The minimum absolute atomic E-state index is 0.0237. The van der Waals surface area contributed by atoms with Crippen LogP contribution in [0.25, 0.3) is 0 Å².